The van der Waals surface area contributed by atoms with Crippen LogP contribution in [0.25, 0.3) is 11.0 Å². The molecule has 1 aromatic carbocycles. The molecule has 0 bridgehead atoms. The van der Waals surface area contributed by atoms with Gasteiger partial charge in [-0.3, -0.25) is 0 Å². The maximum Gasteiger partial charge on any atom is 0.449 e. The zero-order valence-corrected chi connectivity index (χ0v) is 15.2. The number of hydrogen-bond acceptors (Lipinski definition) is 3. The van der Waals surface area contributed by atoms with Gasteiger partial charge in [-0.25, -0.2) is 4.98 Å². The molecule has 0 N–H and O–H groups in total. The van der Waals surface area contributed by atoms with Crippen molar-refractivity contribution in [2.24, 2.45) is 0 Å². The average Bonchev–Trinajstić information content (AvgIpc) is 2.83. The van der Waals surface area contributed by atoms with Crippen LogP contribution in [0, 0.1) is 0 Å². The summed E-state index contributed by atoms with van der Waals surface area (Å²) in [4.78, 5) is 3.43. The summed E-state index contributed by atoms with van der Waals surface area (Å²) in [6, 6.07) is 1.33. The summed E-state index contributed by atoms with van der Waals surface area (Å²) in [5.74, 6) is -1.34. The van der Waals surface area contributed by atoms with Crippen molar-refractivity contribution in [2.75, 3.05) is 13.2 Å². The average molecular weight is 423 g/mol. The van der Waals surface area contributed by atoms with Gasteiger partial charge in [-0.15, -0.1) is 0 Å². The third kappa shape index (κ3) is 4.60. The molecule has 4 nitrogen and oxygen atoms in total. The number of hydrogen-bond donors (Lipinski definition) is 0. The quantitative estimate of drug-likeness (QED) is 0.419. The van der Waals surface area contributed by atoms with Crippen molar-refractivity contribution in [1.82, 2.24) is 9.55 Å². The van der Waals surface area contributed by atoms with E-state index in [0.717, 1.165) is 6.07 Å². The zero-order valence-electron chi connectivity index (χ0n) is 13.6. The minimum atomic E-state index is -4.87. The highest BCUT2D eigenvalue weighted by atomic mass is 35.5. The molecule has 0 saturated carbocycles. The molecule has 0 unspecified atom stereocenters. The minimum absolute atomic E-state index is 0.180. The topological polar surface area (TPSA) is 36.3 Å². The fraction of sp³-hybridized carbons (Fsp3) is 0.500. The van der Waals surface area contributed by atoms with E-state index in [9.17, 15) is 26.3 Å². The van der Waals surface area contributed by atoms with Crippen LogP contribution in [0.15, 0.2) is 12.1 Å². The lowest BCUT2D eigenvalue weighted by Crippen LogP contribution is -2.15. The van der Waals surface area contributed by atoms with Crippen LogP contribution in [0.5, 0.6) is 0 Å². The maximum atomic E-state index is 13.3. The fourth-order valence-corrected chi connectivity index (χ4v) is 3.84. The van der Waals surface area contributed by atoms with Gasteiger partial charge in [0.25, 0.3) is 0 Å². The number of benzene rings is 1. The highest BCUT2D eigenvalue weighted by Gasteiger charge is 2.40. The van der Waals surface area contributed by atoms with E-state index < -0.39 is 43.4 Å². The SMILES string of the molecule is CCOP(Cn1c(C(F)(F)F)nc2cc(Cl)c(C(F)(F)F)cc21)OCC. The first-order chi connectivity index (χ1) is 12.0. The van der Waals surface area contributed by atoms with Gasteiger partial charge in [0, 0.05) is 0 Å². The van der Waals surface area contributed by atoms with E-state index in [2.05, 4.69) is 4.98 Å². The molecule has 0 radical (unpaired) electrons. The lowest BCUT2D eigenvalue weighted by Gasteiger charge is -2.19. The molecule has 1 aromatic heterocycles. The number of imidazole rings is 1. The van der Waals surface area contributed by atoms with E-state index in [1.165, 1.54) is 0 Å². The predicted molar refractivity (Wildman–Crippen MR) is 84.9 cm³/mol. The largest absolute Gasteiger partial charge is 0.449 e. The second-order valence-electron chi connectivity index (χ2n) is 4.99. The standard InChI is InChI=1S/C14H14ClF6N2O2P/c1-3-24-26(25-4-2)7-23-11-5-8(13(16,17)18)9(15)6-10(11)22-12(23)14(19,20)21/h5-6H,3-4,7H2,1-2H3. The molecule has 2 aromatic rings. The Morgan fingerprint density at radius 3 is 2.08 bits per heavy atom. The Balaban J connectivity index is 2.66. The van der Waals surface area contributed by atoms with Crippen molar-refractivity contribution >= 4 is 31.0 Å². The van der Waals surface area contributed by atoms with Gasteiger partial charge < -0.3 is 13.6 Å². The molecule has 146 valence electrons. The van der Waals surface area contributed by atoms with Gasteiger partial charge >= 0.3 is 12.4 Å². The maximum absolute atomic E-state index is 13.3. The first-order valence-corrected chi connectivity index (χ1v) is 9.10. The van der Waals surface area contributed by atoms with Crippen molar-refractivity contribution in [2.45, 2.75) is 32.5 Å². The molecule has 0 aliphatic heterocycles. The molecular formula is C14H14ClF6N2O2P. The Kier molecular flexibility index (Phi) is 6.43. The molecule has 0 saturated heterocycles. The summed E-state index contributed by atoms with van der Waals surface area (Å²) in [7, 11) is -1.78. The molecule has 0 atom stereocenters. The summed E-state index contributed by atoms with van der Waals surface area (Å²) in [6.45, 7) is 3.62. The highest BCUT2D eigenvalue weighted by molar-refractivity contribution is 7.46. The Labute approximate surface area is 151 Å². The Hall–Kier alpha value is -1.09. The van der Waals surface area contributed by atoms with Gasteiger partial charge in [0.05, 0.1) is 41.1 Å². The number of fused-ring (bicyclic) bond motifs is 1. The Morgan fingerprint density at radius 2 is 1.62 bits per heavy atom. The number of rotatable bonds is 6. The van der Waals surface area contributed by atoms with Gasteiger partial charge in [0.1, 0.15) is 0 Å². The summed E-state index contributed by atoms with van der Waals surface area (Å²) in [6.07, 6.45) is -10.1. The van der Waals surface area contributed by atoms with Crippen LogP contribution in [-0.2, 0) is 27.7 Å². The molecule has 12 heteroatoms. The van der Waals surface area contributed by atoms with Crippen LogP contribution in [0.2, 0.25) is 5.02 Å². The van der Waals surface area contributed by atoms with Crippen molar-refractivity contribution in [1.29, 1.82) is 0 Å². The highest BCUT2D eigenvalue weighted by Crippen LogP contribution is 2.44. The predicted octanol–water partition coefficient (Wildman–Crippen LogP) is 6.07. The molecule has 0 fully saturated rings. The Bertz CT molecular complexity index is 771. The van der Waals surface area contributed by atoms with Crippen molar-refractivity contribution in [3.8, 4) is 0 Å². The third-order valence-corrected chi connectivity index (χ3v) is 5.12. The molecule has 26 heavy (non-hydrogen) atoms. The normalized spacial score (nSPS) is 13.2. The van der Waals surface area contributed by atoms with Crippen LogP contribution < -0.4 is 0 Å². The van der Waals surface area contributed by atoms with Crippen LogP contribution >= 0.6 is 20.0 Å². The summed E-state index contributed by atoms with van der Waals surface area (Å²) >= 11 is 5.57. The molecular weight excluding hydrogens is 409 g/mol. The molecule has 0 spiro atoms. The van der Waals surface area contributed by atoms with Crippen LogP contribution in [-0.4, -0.2) is 22.8 Å². The monoisotopic (exact) mass is 422 g/mol. The van der Waals surface area contributed by atoms with Crippen molar-refractivity contribution in [3.63, 3.8) is 0 Å². The lowest BCUT2D eigenvalue weighted by atomic mass is 10.2. The first kappa shape index (κ1) is 21.2. The van der Waals surface area contributed by atoms with E-state index in [-0.39, 0.29) is 24.2 Å². The zero-order chi connectivity index (χ0) is 19.7. The molecule has 0 amide bonds. The van der Waals surface area contributed by atoms with E-state index in [4.69, 9.17) is 20.6 Å². The van der Waals surface area contributed by atoms with Crippen LogP contribution in [0.1, 0.15) is 25.2 Å². The van der Waals surface area contributed by atoms with Gasteiger partial charge in [0.2, 0.25) is 5.82 Å². The summed E-state index contributed by atoms with van der Waals surface area (Å²) < 4.78 is 90.4. The van der Waals surface area contributed by atoms with Crippen molar-refractivity contribution < 1.29 is 35.4 Å². The number of nitrogens with zero attached hydrogens (tertiary/aromatic N) is 2. The molecule has 2 rings (SSSR count). The number of alkyl halides is 6. The van der Waals surface area contributed by atoms with Gasteiger partial charge in [-0.05, 0) is 26.0 Å². The summed E-state index contributed by atoms with van der Waals surface area (Å²) in [5, 5.41) is -0.722. The second-order valence-corrected chi connectivity index (χ2v) is 6.86. The molecule has 0 aliphatic rings. The van der Waals surface area contributed by atoms with E-state index in [0.29, 0.717) is 10.6 Å². The molecule has 0 aliphatic carbocycles. The Morgan fingerprint density at radius 1 is 1.04 bits per heavy atom. The van der Waals surface area contributed by atoms with Gasteiger partial charge in [-0.2, -0.15) is 26.3 Å². The van der Waals surface area contributed by atoms with Crippen LogP contribution in [0.4, 0.5) is 26.3 Å². The smallest absolute Gasteiger partial charge is 0.333 e. The van der Waals surface area contributed by atoms with Gasteiger partial charge in [0.15, 0.2) is 8.38 Å². The molecule has 1 heterocycles. The van der Waals surface area contributed by atoms with Crippen molar-refractivity contribution in [3.05, 3.63) is 28.5 Å². The first-order valence-electron chi connectivity index (χ1n) is 7.36. The number of halogens is 7. The fourth-order valence-electron chi connectivity index (χ4n) is 2.24. The summed E-state index contributed by atoms with van der Waals surface area (Å²) in [5.41, 5.74) is -1.88. The van der Waals surface area contributed by atoms with Gasteiger partial charge in [-0.1, -0.05) is 11.6 Å². The van der Waals surface area contributed by atoms with Crippen LogP contribution in [0.3, 0.4) is 0 Å². The minimum Gasteiger partial charge on any atom is -0.333 e. The third-order valence-electron chi connectivity index (χ3n) is 3.20. The van der Waals surface area contributed by atoms with E-state index in [1.807, 2.05) is 0 Å². The van der Waals surface area contributed by atoms with E-state index >= 15 is 0 Å². The number of aromatic nitrogens is 2. The second kappa shape index (κ2) is 7.88. The lowest BCUT2D eigenvalue weighted by molar-refractivity contribution is -0.146. The van der Waals surface area contributed by atoms with E-state index in [1.54, 1.807) is 13.8 Å².